The molecule has 25 heavy (non-hydrogen) atoms. The van der Waals surface area contributed by atoms with Gasteiger partial charge in [0.2, 0.25) is 11.9 Å². The molecule has 0 atom stereocenters. The lowest BCUT2D eigenvalue weighted by Crippen LogP contribution is -2.47. The number of nitrogens with one attached hydrogen (secondary N) is 1. The van der Waals surface area contributed by atoms with E-state index in [0.717, 1.165) is 58.1 Å². The predicted molar refractivity (Wildman–Crippen MR) is 99.5 cm³/mol. The minimum Gasteiger partial charge on any atom is -0.356 e. The normalized spacial score (nSPS) is 19.8. The van der Waals surface area contributed by atoms with E-state index in [2.05, 4.69) is 25.1 Å². The molecule has 1 saturated carbocycles. The molecule has 0 radical (unpaired) electrons. The molecule has 0 aromatic carbocycles. The van der Waals surface area contributed by atoms with Gasteiger partial charge in [0.05, 0.1) is 0 Å². The number of carbonyl (C=O) groups excluding carboxylic acids is 1. The number of nitrogens with zero attached hydrogens (tertiary/aromatic N) is 4. The molecular weight excluding hydrogens is 314 g/mol. The van der Waals surface area contributed by atoms with Gasteiger partial charge in [0.25, 0.3) is 0 Å². The van der Waals surface area contributed by atoms with Crippen molar-refractivity contribution in [3.05, 3.63) is 18.5 Å². The fourth-order valence-corrected chi connectivity index (χ4v) is 3.88. The van der Waals surface area contributed by atoms with Gasteiger partial charge in [-0.15, -0.1) is 0 Å². The smallest absolute Gasteiger partial charge is 0.225 e. The zero-order valence-corrected chi connectivity index (χ0v) is 15.2. The number of anilines is 1. The maximum absolute atomic E-state index is 12.0. The second-order valence-electron chi connectivity index (χ2n) is 7.29. The quantitative estimate of drug-likeness (QED) is 0.767. The molecule has 0 bridgehead atoms. The van der Waals surface area contributed by atoms with Gasteiger partial charge < -0.3 is 10.2 Å². The monoisotopic (exact) mass is 345 g/mol. The first-order valence-electron chi connectivity index (χ1n) is 9.82. The molecule has 3 rings (SSSR count). The van der Waals surface area contributed by atoms with Crippen LogP contribution in [0, 0.1) is 5.92 Å². The van der Waals surface area contributed by atoms with E-state index >= 15 is 0 Å². The van der Waals surface area contributed by atoms with Crippen molar-refractivity contribution in [2.45, 2.75) is 44.9 Å². The Hall–Kier alpha value is -1.69. The summed E-state index contributed by atoms with van der Waals surface area (Å²) in [5.74, 6) is 1.71. The zero-order valence-electron chi connectivity index (χ0n) is 15.2. The molecule has 2 aliphatic rings. The van der Waals surface area contributed by atoms with Crippen molar-refractivity contribution in [2.24, 2.45) is 5.92 Å². The summed E-state index contributed by atoms with van der Waals surface area (Å²) >= 11 is 0. The SMILES string of the molecule is O=C(CC1CCCCC1)NCCCN1CCN(c2ncccn2)CC1. The van der Waals surface area contributed by atoms with Crippen LogP contribution in [0.3, 0.4) is 0 Å². The molecule has 2 fully saturated rings. The largest absolute Gasteiger partial charge is 0.356 e. The fraction of sp³-hybridized carbons (Fsp3) is 0.737. The fourth-order valence-electron chi connectivity index (χ4n) is 3.88. The van der Waals surface area contributed by atoms with E-state index in [-0.39, 0.29) is 5.91 Å². The van der Waals surface area contributed by atoms with Crippen molar-refractivity contribution in [1.29, 1.82) is 0 Å². The highest BCUT2D eigenvalue weighted by molar-refractivity contribution is 5.76. The maximum atomic E-state index is 12.0. The summed E-state index contributed by atoms with van der Waals surface area (Å²) in [6, 6.07) is 1.85. The molecule has 1 N–H and O–H groups in total. The average Bonchev–Trinajstić information content (AvgIpc) is 2.67. The van der Waals surface area contributed by atoms with Crippen LogP contribution < -0.4 is 10.2 Å². The Morgan fingerprint density at radius 1 is 1.08 bits per heavy atom. The molecular formula is C19H31N5O. The van der Waals surface area contributed by atoms with E-state index in [9.17, 15) is 4.79 Å². The van der Waals surface area contributed by atoms with Gasteiger partial charge in [-0.3, -0.25) is 9.69 Å². The average molecular weight is 345 g/mol. The van der Waals surface area contributed by atoms with Crippen LogP contribution in [0.1, 0.15) is 44.9 Å². The van der Waals surface area contributed by atoms with Gasteiger partial charge in [0.15, 0.2) is 0 Å². The molecule has 1 amide bonds. The first-order chi connectivity index (χ1) is 12.3. The lowest BCUT2D eigenvalue weighted by atomic mass is 9.87. The summed E-state index contributed by atoms with van der Waals surface area (Å²) in [6.45, 7) is 5.86. The van der Waals surface area contributed by atoms with E-state index in [4.69, 9.17) is 0 Å². The summed E-state index contributed by atoms with van der Waals surface area (Å²) in [6.07, 6.45) is 11.8. The van der Waals surface area contributed by atoms with Crippen LogP contribution in [-0.4, -0.2) is 60.0 Å². The summed E-state index contributed by atoms with van der Waals surface area (Å²) in [7, 11) is 0. The second-order valence-corrected chi connectivity index (χ2v) is 7.29. The third-order valence-electron chi connectivity index (χ3n) is 5.38. The first kappa shape index (κ1) is 18.1. The maximum Gasteiger partial charge on any atom is 0.225 e. The molecule has 1 saturated heterocycles. The molecule has 1 aliphatic heterocycles. The van der Waals surface area contributed by atoms with E-state index in [0.29, 0.717) is 5.92 Å². The van der Waals surface area contributed by atoms with Gasteiger partial charge in [-0.1, -0.05) is 19.3 Å². The minimum absolute atomic E-state index is 0.248. The van der Waals surface area contributed by atoms with Gasteiger partial charge in [-0.05, 0) is 37.8 Å². The van der Waals surface area contributed by atoms with Crippen LogP contribution >= 0.6 is 0 Å². The third-order valence-corrected chi connectivity index (χ3v) is 5.38. The number of rotatable bonds is 7. The molecule has 1 aromatic rings. The Morgan fingerprint density at radius 2 is 1.80 bits per heavy atom. The number of carbonyl (C=O) groups is 1. The van der Waals surface area contributed by atoms with Gasteiger partial charge in [-0.25, -0.2) is 9.97 Å². The van der Waals surface area contributed by atoms with Crippen molar-refractivity contribution in [2.75, 3.05) is 44.2 Å². The molecule has 1 aromatic heterocycles. The molecule has 6 heteroatoms. The van der Waals surface area contributed by atoms with Crippen molar-refractivity contribution in [3.63, 3.8) is 0 Å². The molecule has 6 nitrogen and oxygen atoms in total. The Kier molecular flexibility index (Phi) is 7.03. The molecule has 0 spiro atoms. The standard InChI is InChI=1S/C19H31N5O/c25-18(16-17-6-2-1-3-7-17)20-10-5-11-23-12-14-24(15-13-23)19-21-8-4-9-22-19/h4,8-9,17H,1-3,5-7,10-16H2,(H,20,25). The van der Waals surface area contributed by atoms with Crippen molar-refractivity contribution in [3.8, 4) is 0 Å². The highest BCUT2D eigenvalue weighted by Crippen LogP contribution is 2.25. The second kappa shape index (κ2) is 9.70. The number of hydrogen-bond acceptors (Lipinski definition) is 5. The Bertz CT molecular complexity index is 510. The topological polar surface area (TPSA) is 61.4 Å². The first-order valence-corrected chi connectivity index (χ1v) is 9.82. The van der Waals surface area contributed by atoms with Crippen molar-refractivity contribution in [1.82, 2.24) is 20.2 Å². The van der Waals surface area contributed by atoms with Crippen LogP contribution in [0.15, 0.2) is 18.5 Å². The highest BCUT2D eigenvalue weighted by atomic mass is 16.1. The van der Waals surface area contributed by atoms with Crippen LogP contribution in [0.4, 0.5) is 5.95 Å². The van der Waals surface area contributed by atoms with Crippen LogP contribution in [0.5, 0.6) is 0 Å². The number of hydrogen-bond donors (Lipinski definition) is 1. The summed E-state index contributed by atoms with van der Waals surface area (Å²) in [5.41, 5.74) is 0. The van der Waals surface area contributed by atoms with Gasteiger partial charge in [0, 0.05) is 51.5 Å². The Morgan fingerprint density at radius 3 is 2.52 bits per heavy atom. The van der Waals surface area contributed by atoms with Gasteiger partial charge in [-0.2, -0.15) is 0 Å². The van der Waals surface area contributed by atoms with E-state index in [1.54, 1.807) is 12.4 Å². The number of amides is 1. The van der Waals surface area contributed by atoms with Crippen molar-refractivity contribution < 1.29 is 4.79 Å². The van der Waals surface area contributed by atoms with Gasteiger partial charge in [0.1, 0.15) is 0 Å². The summed E-state index contributed by atoms with van der Waals surface area (Å²) in [4.78, 5) is 25.4. The zero-order chi connectivity index (χ0) is 17.3. The molecule has 0 unspecified atom stereocenters. The van der Waals surface area contributed by atoms with Gasteiger partial charge >= 0.3 is 0 Å². The molecule has 138 valence electrons. The van der Waals surface area contributed by atoms with Crippen LogP contribution in [-0.2, 0) is 4.79 Å². The minimum atomic E-state index is 0.248. The highest BCUT2D eigenvalue weighted by Gasteiger charge is 2.19. The predicted octanol–water partition coefficient (Wildman–Crippen LogP) is 2.08. The Labute approximate surface area is 151 Å². The van der Waals surface area contributed by atoms with Crippen LogP contribution in [0.2, 0.25) is 0 Å². The van der Waals surface area contributed by atoms with Crippen molar-refractivity contribution >= 4 is 11.9 Å². The molecule has 2 heterocycles. The summed E-state index contributed by atoms with van der Waals surface area (Å²) < 4.78 is 0. The van der Waals surface area contributed by atoms with E-state index in [1.807, 2.05) is 6.07 Å². The number of aromatic nitrogens is 2. The lowest BCUT2D eigenvalue weighted by Gasteiger charge is -2.34. The third kappa shape index (κ3) is 5.96. The number of piperazine rings is 1. The summed E-state index contributed by atoms with van der Waals surface area (Å²) in [5, 5.41) is 3.11. The van der Waals surface area contributed by atoms with Crippen LogP contribution in [0.25, 0.3) is 0 Å². The lowest BCUT2D eigenvalue weighted by molar-refractivity contribution is -0.122. The Balaban J connectivity index is 1.25. The molecule has 1 aliphatic carbocycles. The van der Waals surface area contributed by atoms with E-state index in [1.165, 1.54) is 32.1 Å². The van der Waals surface area contributed by atoms with E-state index < -0.39 is 0 Å².